The normalized spacial score (nSPS) is 17.1. The molecule has 1 atom stereocenters. The van der Waals surface area contributed by atoms with Gasteiger partial charge in [0.15, 0.2) is 0 Å². The van der Waals surface area contributed by atoms with Gasteiger partial charge in [-0.25, -0.2) is 0 Å². The predicted molar refractivity (Wildman–Crippen MR) is 131 cm³/mol. The number of nitrogens with zero attached hydrogens (tertiary/aromatic N) is 2. The molecule has 2 heterocycles. The third-order valence-corrected chi connectivity index (χ3v) is 5.90. The van der Waals surface area contributed by atoms with Gasteiger partial charge in [0.1, 0.15) is 0 Å². The Bertz CT molecular complexity index is 1000. The first kappa shape index (κ1) is 23.9. The lowest BCUT2D eigenvalue weighted by Crippen LogP contribution is -2.38. The first-order valence-corrected chi connectivity index (χ1v) is 11.7. The third-order valence-electron chi connectivity index (χ3n) is 5.90. The second-order valence-corrected chi connectivity index (χ2v) is 8.39. The number of hydrogen-bond donors (Lipinski definition) is 2. The summed E-state index contributed by atoms with van der Waals surface area (Å²) >= 11 is 0. The van der Waals surface area contributed by atoms with Crippen LogP contribution in [0.3, 0.4) is 0 Å². The summed E-state index contributed by atoms with van der Waals surface area (Å²) in [5.41, 5.74) is 11.0. The summed E-state index contributed by atoms with van der Waals surface area (Å²) in [5, 5.41) is 11.8. The molecule has 0 radical (unpaired) electrons. The quantitative estimate of drug-likeness (QED) is 0.562. The van der Waals surface area contributed by atoms with Crippen LogP contribution in [0, 0.1) is 12.3 Å². The van der Waals surface area contributed by atoms with E-state index in [-0.39, 0.29) is 11.5 Å². The van der Waals surface area contributed by atoms with Gasteiger partial charge in [0.25, 0.3) is 0 Å². The highest BCUT2D eigenvalue weighted by atomic mass is 16.4. The smallest absolute Gasteiger partial charge is 0.248 e. The minimum absolute atomic E-state index is 0.192. The maximum absolute atomic E-state index is 5.86. The van der Waals surface area contributed by atoms with Crippen molar-refractivity contribution in [2.24, 2.45) is 11.1 Å². The zero-order valence-corrected chi connectivity index (χ0v) is 19.8. The zero-order valence-electron chi connectivity index (χ0n) is 19.8. The molecule has 0 bridgehead atoms. The number of nitrogens with two attached hydrogens (primary N) is 1. The summed E-state index contributed by atoms with van der Waals surface area (Å²) in [6.45, 7) is 10.1. The highest BCUT2D eigenvalue weighted by Gasteiger charge is 2.36. The average molecular weight is 433 g/mol. The summed E-state index contributed by atoms with van der Waals surface area (Å²) in [4.78, 5) is 0. The van der Waals surface area contributed by atoms with Gasteiger partial charge < -0.3 is 15.5 Å². The molecule has 1 fully saturated rings. The van der Waals surface area contributed by atoms with Crippen molar-refractivity contribution in [3.05, 3.63) is 89.1 Å². The molecule has 1 aliphatic heterocycles. The molecular weight excluding hydrogens is 396 g/mol. The molecule has 170 valence electrons. The summed E-state index contributed by atoms with van der Waals surface area (Å²) < 4.78 is 5.84. The Morgan fingerprint density at radius 2 is 1.62 bits per heavy atom. The predicted octanol–water partition coefficient (Wildman–Crippen LogP) is 5.47. The molecule has 3 aromatic rings. The maximum atomic E-state index is 5.86. The van der Waals surface area contributed by atoms with Gasteiger partial charge in [-0.3, -0.25) is 0 Å². The van der Waals surface area contributed by atoms with Crippen molar-refractivity contribution < 1.29 is 4.42 Å². The summed E-state index contributed by atoms with van der Waals surface area (Å²) in [6, 6.07) is 18.6. The minimum atomic E-state index is -0.247. The van der Waals surface area contributed by atoms with E-state index in [9.17, 15) is 0 Å². The number of fused-ring (bicyclic) bond motifs is 1. The van der Waals surface area contributed by atoms with Crippen LogP contribution in [0.25, 0.3) is 5.57 Å². The fourth-order valence-corrected chi connectivity index (χ4v) is 4.24. The Balaban J connectivity index is 0.000000272. The Morgan fingerprint density at radius 3 is 2.22 bits per heavy atom. The largest absolute Gasteiger partial charge is 0.419 e. The van der Waals surface area contributed by atoms with Crippen LogP contribution in [0.4, 0.5) is 0 Å². The molecule has 2 aliphatic rings. The second-order valence-electron chi connectivity index (χ2n) is 8.39. The molecule has 0 saturated carbocycles. The number of aryl methyl sites for hydroxylation is 1. The molecule has 1 saturated heterocycles. The van der Waals surface area contributed by atoms with Crippen LogP contribution in [0.2, 0.25) is 0 Å². The fraction of sp³-hybridized carbons (Fsp3) is 0.407. The first-order chi connectivity index (χ1) is 15.6. The maximum Gasteiger partial charge on any atom is 0.248 e. The number of hydrogen-bond acceptors (Lipinski definition) is 5. The molecule has 5 rings (SSSR count). The van der Waals surface area contributed by atoms with E-state index in [4.69, 9.17) is 10.2 Å². The van der Waals surface area contributed by atoms with E-state index in [1.807, 2.05) is 39.0 Å². The van der Waals surface area contributed by atoms with E-state index in [1.165, 1.54) is 16.7 Å². The molecule has 1 aliphatic carbocycles. The van der Waals surface area contributed by atoms with E-state index in [0.717, 1.165) is 37.9 Å². The molecule has 2 aromatic carbocycles. The van der Waals surface area contributed by atoms with Gasteiger partial charge in [0.2, 0.25) is 11.8 Å². The average Bonchev–Trinajstić information content (AvgIpc) is 3.32. The van der Waals surface area contributed by atoms with Gasteiger partial charge in [-0.15, -0.1) is 10.2 Å². The highest BCUT2D eigenvalue weighted by Crippen LogP contribution is 2.44. The topological polar surface area (TPSA) is 77.0 Å². The number of rotatable bonds is 2. The van der Waals surface area contributed by atoms with Crippen molar-refractivity contribution in [2.45, 2.75) is 53.0 Å². The molecule has 5 nitrogen and oxygen atoms in total. The first-order valence-electron chi connectivity index (χ1n) is 11.7. The Kier molecular flexibility index (Phi) is 8.37. The SMILES string of the molecule is CC.CC(N)c1nnc(C2=CC3(CCNCC3)Cc3ccccc32)o1.Cc1ccccc1. The van der Waals surface area contributed by atoms with E-state index < -0.39 is 0 Å². The number of piperidine rings is 1. The van der Waals surface area contributed by atoms with Gasteiger partial charge in [-0.05, 0) is 62.7 Å². The number of nitrogens with one attached hydrogen (secondary N) is 1. The van der Waals surface area contributed by atoms with Crippen LogP contribution < -0.4 is 11.1 Å². The van der Waals surface area contributed by atoms with Gasteiger partial charge in [0.05, 0.1) is 6.04 Å². The third kappa shape index (κ3) is 5.72. The number of aromatic nitrogens is 2. The van der Waals surface area contributed by atoms with Crippen molar-refractivity contribution in [1.29, 1.82) is 0 Å². The summed E-state index contributed by atoms with van der Waals surface area (Å²) in [6.07, 6.45) is 5.73. The molecule has 32 heavy (non-hydrogen) atoms. The highest BCUT2D eigenvalue weighted by molar-refractivity contribution is 5.79. The number of allylic oxidation sites excluding steroid dienone is 1. The standard InChI is InChI=1S/C18H22N4O.C7H8.C2H6/c1-12(19)16-21-22-17(23-16)15-11-18(6-8-20-9-7-18)10-13-4-2-3-5-14(13)15;1-7-5-3-2-4-6-7;1-2/h2-5,11-12,20H,6-10,19H2,1H3;2-6H,1H3;1-2H3. The van der Waals surface area contributed by atoms with Crippen molar-refractivity contribution in [3.63, 3.8) is 0 Å². The lowest BCUT2D eigenvalue weighted by atomic mass is 9.68. The Hall–Kier alpha value is -2.76. The minimum Gasteiger partial charge on any atom is -0.419 e. The van der Waals surface area contributed by atoms with Crippen LogP contribution in [0.1, 0.15) is 68.1 Å². The van der Waals surface area contributed by atoms with Crippen molar-refractivity contribution in [1.82, 2.24) is 15.5 Å². The number of benzene rings is 2. The summed E-state index contributed by atoms with van der Waals surface area (Å²) in [7, 11) is 0. The van der Waals surface area contributed by atoms with Crippen molar-refractivity contribution in [2.75, 3.05) is 13.1 Å². The van der Waals surface area contributed by atoms with Crippen molar-refractivity contribution >= 4 is 5.57 Å². The van der Waals surface area contributed by atoms with Crippen LogP contribution in [-0.4, -0.2) is 23.3 Å². The van der Waals surface area contributed by atoms with Crippen LogP contribution in [0.5, 0.6) is 0 Å². The zero-order chi connectivity index (χ0) is 23.0. The molecule has 0 amide bonds. The van der Waals surface area contributed by atoms with E-state index in [1.54, 1.807) is 0 Å². The lowest BCUT2D eigenvalue weighted by molar-refractivity contribution is 0.267. The Labute approximate surface area is 192 Å². The second kappa shape index (κ2) is 11.2. The van der Waals surface area contributed by atoms with Gasteiger partial charge >= 0.3 is 0 Å². The molecule has 5 heteroatoms. The van der Waals surface area contributed by atoms with Gasteiger partial charge in [-0.1, -0.05) is 80.1 Å². The van der Waals surface area contributed by atoms with Gasteiger partial charge in [0, 0.05) is 5.57 Å². The summed E-state index contributed by atoms with van der Waals surface area (Å²) in [5.74, 6) is 1.07. The molecule has 1 spiro atoms. The fourth-order valence-electron chi connectivity index (χ4n) is 4.24. The molecule has 1 unspecified atom stereocenters. The van der Waals surface area contributed by atoms with Crippen molar-refractivity contribution in [3.8, 4) is 0 Å². The van der Waals surface area contributed by atoms with E-state index >= 15 is 0 Å². The van der Waals surface area contributed by atoms with Crippen LogP contribution in [-0.2, 0) is 6.42 Å². The molecule has 3 N–H and O–H groups in total. The molecular formula is C27H36N4O. The lowest BCUT2D eigenvalue weighted by Gasteiger charge is -2.39. The van der Waals surface area contributed by atoms with Crippen LogP contribution in [0.15, 0.2) is 65.1 Å². The monoisotopic (exact) mass is 432 g/mol. The molecule has 1 aromatic heterocycles. The Morgan fingerprint density at radius 1 is 0.969 bits per heavy atom. The van der Waals surface area contributed by atoms with Crippen LogP contribution >= 0.6 is 0 Å². The van der Waals surface area contributed by atoms with E-state index in [0.29, 0.717) is 11.8 Å². The van der Waals surface area contributed by atoms with E-state index in [2.05, 4.69) is 64.9 Å². The van der Waals surface area contributed by atoms with Gasteiger partial charge in [-0.2, -0.15) is 0 Å².